The van der Waals surface area contributed by atoms with Crippen LogP contribution in [0.25, 0.3) is 0 Å². The third-order valence-electron chi connectivity index (χ3n) is 2.93. The third-order valence-corrected chi connectivity index (χ3v) is 2.93. The predicted molar refractivity (Wildman–Crippen MR) is 69.5 cm³/mol. The zero-order valence-electron chi connectivity index (χ0n) is 10.8. The minimum Gasteiger partial charge on any atom is -0.351 e. The van der Waals surface area contributed by atoms with Crippen LogP contribution in [-0.4, -0.2) is 54.2 Å². The average molecular weight is 249 g/mol. The molecule has 1 heterocycles. The highest BCUT2D eigenvalue weighted by molar-refractivity contribution is 5.91. The standard InChI is InChI=1S/C12H19N5O/c1-16(2)12(18)10-5-6-11(15-14-10)17(8-7-13)9-3-4-9/h5-6,9H,3-4,7-8,13H2,1-2H3. The number of nitrogens with zero attached hydrogens (tertiary/aromatic N) is 4. The number of hydrogen-bond donors (Lipinski definition) is 1. The van der Waals surface area contributed by atoms with Gasteiger partial charge in [-0.15, -0.1) is 10.2 Å². The number of anilines is 1. The van der Waals surface area contributed by atoms with Crippen LogP contribution in [0.1, 0.15) is 23.3 Å². The fourth-order valence-corrected chi connectivity index (χ4v) is 1.83. The number of hydrogen-bond acceptors (Lipinski definition) is 5. The number of aromatic nitrogens is 2. The first kappa shape index (κ1) is 12.8. The first-order valence-electron chi connectivity index (χ1n) is 6.15. The largest absolute Gasteiger partial charge is 0.351 e. The van der Waals surface area contributed by atoms with Crippen LogP contribution in [0, 0.1) is 0 Å². The molecule has 98 valence electrons. The van der Waals surface area contributed by atoms with Gasteiger partial charge in [0.05, 0.1) is 0 Å². The molecule has 1 saturated carbocycles. The minimum atomic E-state index is -0.133. The summed E-state index contributed by atoms with van der Waals surface area (Å²) in [6.07, 6.45) is 2.36. The molecule has 1 aliphatic rings. The lowest BCUT2D eigenvalue weighted by molar-refractivity contribution is 0.0821. The average Bonchev–Trinajstić information content (AvgIpc) is 3.19. The van der Waals surface area contributed by atoms with Crippen LogP contribution in [0.4, 0.5) is 5.82 Å². The molecule has 1 aromatic rings. The molecule has 0 spiro atoms. The van der Waals surface area contributed by atoms with Gasteiger partial charge in [0.1, 0.15) is 0 Å². The summed E-state index contributed by atoms with van der Waals surface area (Å²) in [5, 5.41) is 8.12. The van der Waals surface area contributed by atoms with Crippen LogP contribution in [0.3, 0.4) is 0 Å². The van der Waals surface area contributed by atoms with E-state index in [0.29, 0.717) is 18.3 Å². The summed E-state index contributed by atoms with van der Waals surface area (Å²) >= 11 is 0. The van der Waals surface area contributed by atoms with Crippen molar-refractivity contribution in [3.8, 4) is 0 Å². The Bertz CT molecular complexity index is 413. The van der Waals surface area contributed by atoms with E-state index in [1.165, 1.54) is 17.7 Å². The molecule has 1 aliphatic carbocycles. The van der Waals surface area contributed by atoms with Gasteiger partial charge >= 0.3 is 0 Å². The van der Waals surface area contributed by atoms with E-state index in [2.05, 4.69) is 15.1 Å². The monoisotopic (exact) mass is 249 g/mol. The molecule has 0 bridgehead atoms. The van der Waals surface area contributed by atoms with Gasteiger partial charge in [0.25, 0.3) is 5.91 Å². The second-order valence-electron chi connectivity index (χ2n) is 4.69. The van der Waals surface area contributed by atoms with Crippen molar-refractivity contribution in [1.82, 2.24) is 15.1 Å². The second-order valence-corrected chi connectivity index (χ2v) is 4.69. The van der Waals surface area contributed by atoms with E-state index in [9.17, 15) is 4.79 Å². The summed E-state index contributed by atoms with van der Waals surface area (Å²) in [4.78, 5) is 15.3. The van der Waals surface area contributed by atoms with Crippen molar-refractivity contribution in [2.75, 3.05) is 32.1 Å². The number of amides is 1. The Morgan fingerprint density at radius 1 is 1.39 bits per heavy atom. The SMILES string of the molecule is CN(C)C(=O)c1ccc(N(CCN)C2CC2)nn1. The number of rotatable bonds is 5. The molecule has 2 rings (SSSR count). The molecule has 1 fully saturated rings. The summed E-state index contributed by atoms with van der Waals surface area (Å²) in [6.45, 7) is 1.37. The zero-order valence-corrected chi connectivity index (χ0v) is 10.8. The minimum absolute atomic E-state index is 0.133. The highest BCUT2D eigenvalue weighted by Gasteiger charge is 2.29. The van der Waals surface area contributed by atoms with E-state index < -0.39 is 0 Å². The molecule has 0 aliphatic heterocycles. The van der Waals surface area contributed by atoms with Crippen LogP contribution in [0.5, 0.6) is 0 Å². The van der Waals surface area contributed by atoms with Crippen LogP contribution >= 0.6 is 0 Å². The molecular formula is C12H19N5O. The Morgan fingerprint density at radius 2 is 2.11 bits per heavy atom. The molecule has 0 aromatic carbocycles. The van der Waals surface area contributed by atoms with Crippen LogP contribution in [-0.2, 0) is 0 Å². The molecule has 1 aromatic heterocycles. The van der Waals surface area contributed by atoms with Gasteiger partial charge in [0.2, 0.25) is 0 Å². The molecule has 0 saturated heterocycles. The van der Waals surface area contributed by atoms with Crippen LogP contribution < -0.4 is 10.6 Å². The Kier molecular flexibility index (Phi) is 3.76. The molecule has 1 amide bonds. The summed E-state index contributed by atoms with van der Waals surface area (Å²) in [7, 11) is 3.39. The van der Waals surface area contributed by atoms with E-state index in [4.69, 9.17) is 5.73 Å². The van der Waals surface area contributed by atoms with Crippen LogP contribution in [0.2, 0.25) is 0 Å². The van der Waals surface area contributed by atoms with Gasteiger partial charge in [-0.1, -0.05) is 0 Å². The van der Waals surface area contributed by atoms with Crippen molar-refractivity contribution in [1.29, 1.82) is 0 Å². The lowest BCUT2D eigenvalue weighted by Crippen LogP contribution is -2.32. The lowest BCUT2D eigenvalue weighted by Gasteiger charge is -2.22. The highest BCUT2D eigenvalue weighted by atomic mass is 16.2. The second kappa shape index (κ2) is 5.30. The molecule has 18 heavy (non-hydrogen) atoms. The topological polar surface area (TPSA) is 75.4 Å². The van der Waals surface area contributed by atoms with Crippen molar-refractivity contribution in [2.24, 2.45) is 5.73 Å². The van der Waals surface area contributed by atoms with Gasteiger partial charge in [0.15, 0.2) is 11.5 Å². The molecule has 6 nitrogen and oxygen atoms in total. The quantitative estimate of drug-likeness (QED) is 0.801. The van der Waals surface area contributed by atoms with Crippen LogP contribution in [0.15, 0.2) is 12.1 Å². The highest BCUT2D eigenvalue weighted by Crippen LogP contribution is 2.29. The summed E-state index contributed by atoms with van der Waals surface area (Å²) in [6, 6.07) is 4.10. The lowest BCUT2D eigenvalue weighted by atomic mass is 10.3. The van der Waals surface area contributed by atoms with Gasteiger partial charge in [-0.3, -0.25) is 4.79 Å². The van der Waals surface area contributed by atoms with Crippen molar-refractivity contribution in [3.05, 3.63) is 17.8 Å². The maximum absolute atomic E-state index is 11.7. The first-order chi connectivity index (χ1) is 8.63. The Hall–Kier alpha value is -1.69. The Morgan fingerprint density at radius 3 is 2.56 bits per heavy atom. The molecule has 6 heteroatoms. The molecule has 0 atom stereocenters. The number of carbonyl (C=O) groups excluding carboxylic acids is 1. The zero-order chi connectivity index (χ0) is 13.1. The van der Waals surface area contributed by atoms with Crippen molar-refractivity contribution in [3.63, 3.8) is 0 Å². The number of carbonyl (C=O) groups is 1. The van der Waals surface area contributed by atoms with Gasteiger partial charge < -0.3 is 15.5 Å². The van der Waals surface area contributed by atoms with Crippen molar-refractivity contribution in [2.45, 2.75) is 18.9 Å². The van der Waals surface area contributed by atoms with Gasteiger partial charge in [-0.25, -0.2) is 0 Å². The fraction of sp³-hybridized carbons (Fsp3) is 0.583. The van der Waals surface area contributed by atoms with Gasteiger partial charge in [-0.2, -0.15) is 0 Å². The van der Waals surface area contributed by atoms with E-state index >= 15 is 0 Å². The van der Waals surface area contributed by atoms with Crippen molar-refractivity contribution >= 4 is 11.7 Å². The van der Waals surface area contributed by atoms with Crippen molar-refractivity contribution < 1.29 is 4.79 Å². The van der Waals surface area contributed by atoms with E-state index in [1.807, 2.05) is 6.07 Å². The fourth-order valence-electron chi connectivity index (χ4n) is 1.83. The summed E-state index contributed by atoms with van der Waals surface area (Å²) in [5.41, 5.74) is 5.97. The molecular weight excluding hydrogens is 230 g/mol. The van der Waals surface area contributed by atoms with Gasteiger partial charge in [0, 0.05) is 33.2 Å². The number of nitrogens with two attached hydrogens (primary N) is 1. The molecule has 0 unspecified atom stereocenters. The molecule has 0 radical (unpaired) electrons. The normalized spacial score (nSPS) is 14.4. The van der Waals surface area contributed by atoms with E-state index in [0.717, 1.165) is 12.4 Å². The van der Waals surface area contributed by atoms with E-state index in [-0.39, 0.29) is 5.91 Å². The molecule has 2 N–H and O–H groups in total. The van der Waals surface area contributed by atoms with Gasteiger partial charge in [-0.05, 0) is 25.0 Å². The maximum atomic E-state index is 11.7. The van der Waals surface area contributed by atoms with E-state index in [1.54, 1.807) is 20.2 Å². The Labute approximate surface area is 107 Å². The summed E-state index contributed by atoms with van der Waals surface area (Å²) in [5.74, 6) is 0.670. The summed E-state index contributed by atoms with van der Waals surface area (Å²) < 4.78 is 0. The Balaban J connectivity index is 2.12. The third kappa shape index (κ3) is 2.76. The maximum Gasteiger partial charge on any atom is 0.273 e. The predicted octanol–water partition coefficient (Wildman–Crippen LogP) is 0.106. The first-order valence-corrected chi connectivity index (χ1v) is 6.15. The smallest absolute Gasteiger partial charge is 0.273 e.